The second-order valence-corrected chi connectivity index (χ2v) is 13.3. The highest BCUT2D eigenvalue weighted by Crippen LogP contribution is 2.28. The molecule has 1 atom stereocenters. The molecule has 11 heteroatoms. The second kappa shape index (κ2) is 15.3. The van der Waals surface area contributed by atoms with Crippen molar-refractivity contribution in [3.05, 3.63) is 130 Å². The zero-order valence-corrected chi connectivity index (χ0v) is 27.2. The minimum atomic E-state index is -4.31. The highest BCUT2D eigenvalue weighted by Gasteiger charge is 2.34. The lowest BCUT2D eigenvalue weighted by Gasteiger charge is -2.34. The standard InChI is InChI=1S/C33H32BrClFN3O4S/c1-2-19-37-33(41)31(20-24-9-5-3-6-10-24)38(22-25-13-15-26(34)16-14-25)32(40)23-39(27-17-18-30(36)29(35)21-27)44(42,43)28-11-7-4-8-12-28/h3-18,21,31H,2,19-20,22-23H2,1H3,(H,37,41)/t31-/m1/s1. The molecular formula is C33H32BrClFN3O4S. The van der Waals surface area contributed by atoms with E-state index in [0.717, 1.165) is 26.0 Å². The number of halogens is 3. The van der Waals surface area contributed by atoms with Gasteiger partial charge < -0.3 is 10.2 Å². The van der Waals surface area contributed by atoms with Gasteiger partial charge in [-0.1, -0.05) is 95.1 Å². The number of hydrogen-bond acceptors (Lipinski definition) is 4. The monoisotopic (exact) mass is 699 g/mol. The summed E-state index contributed by atoms with van der Waals surface area (Å²) < 4.78 is 43.8. The van der Waals surface area contributed by atoms with Gasteiger partial charge in [-0.15, -0.1) is 0 Å². The Hall–Kier alpha value is -3.73. The van der Waals surface area contributed by atoms with E-state index in [-0.39, 0.29) is 34.5 Å². The van der Waals surface area contributed by atoms with Crippen molar-refractivity contribution >= 4 is 55.1 Å². The van der Waals surface area contributed by atoms with E-state index in [1.54, 1.807) is 18.2 Å². The van der Waals surface area contributed by atoms with Crippen LogP contribution in [-0.4, -0.2) is 44.3 Å². The normalized spacial score (nSPS) is 11.9. The van der Waals surface area contributed by atoms with Crippen molar-refractivity contribution in [2.24, 2.45) is 0 Å². The van der Waals surface area contributed by atoms with Crippen molar-refractivity contribution < 1.29 is 22.4 Å². The molecule has 0 heterocycles. The first-order valence-electron chi connectivity index (χ1n) is 14.0. The summed E-state index contributed by atoms with van der Waals surface area (Å²) in [6.07, 6.45) is 0.894. The smallest absolute Gasteiger partial charge is 0.264 e. The predicted molar refractivity (Wildman–Crippen MR) is 174 cm³/mol. The molecule has 44 heavy (non-hydrogen) atoms. The third-order valence-electron chi connectivity index (χ3n) is 6.89. The molecule has 0 unspecified atom stereocenters. The van der Waals surface area contributed by atoms with Crippen LogP contribution >= 0.6 is 27.5 Å². The molecule has 0 fully saturated rings. The first kappa shape index (κ1) is 33.2. The number of benzene rings is 4. The lowest BCUT2D eigenvalue weighted by Crippen LogP contribution is -2.53. The molecule has 7 nitrogen and oxygen atoms in total. The maximum atomic E-state index is 14.4. The number of hydrogen-bond donors (Lipinski definition) is 1. The van der Waals surface area contributed by atoms with Gasteiger partial charge in [0.25, 0.3) is 10.0 Å². The van der Waals surface area contributed by atoms with Crippen LogP contribution in [0.1, 0.15) is 24.5 Å². The van der Waals surface area contributed by atoms with E-state index in [1.807, 2.05) is 61.5 Å². The fraction of sp³-hybridized carbons (Fsp3) is 0.212. The molecule has 230 valence electrons. The van der Waals surface area contributed by atoms with Gasteiger partial charge >= 0.3 is 0 Å². The Morgan fingerprint density at radius 2 is 1.55 bits per heavy atom. The Labute approximate surface area is 270 Å². The second-order valence-electron chi connectivity index (χ2n) is 10.1. The third kappa shape index (κ3) is 8.46. The molecule has 0 saturated carbocycles. The molecule has 0 saturated heterocycles. The fourth-order valence-corrected chi connectivity index (χ4v) is 6.46. The number of sulfonamides is 1. The summed E-state index contributed by atoms with van der Waals surface area (Å²) in [5.41, 5.74) is 1.58. The predicted octanol–water partition coefficient (Wildman–Crippen LogP) is 6.60. The number of nitrogens with one attached hydrogen (secondary N) is 1. The Balaban J connectivity index is 1.80. The summed E-state index contributed by atoms with van der Waals surface area (Å²) in [4.78, 5) is 29.4. The first-order chi connectivity index (χ1) is 21.1. The van der Waals surface area contributed by atoms with Gasteiger partial charge in [0.15, 0.2) is 0 Å². The Morgan fingerprint density at radius 3 is 2.16 bits per heavy atom. The molecule has 4 aromatic rings. The maximum Gasteiger partial charge on any atom is 0.264 e. The van der Waals surface area contributed by atoms with E-state index in [2.05, 4.69) is 21.2 Å². The molecule has 0 aliphatic carbocycles. The van der Waals surface area contributed by atoms with Crippen molar-refractivity contribution in [3.8, 4) is 0 Å². The molecule has 0 spiro atoms. The summed E-state index contributed by atoms with van der Waals surface area (Å²) in [6, 6.07) is 26.7. The van der Waals surface area contributed by atoms with Crippen molar-refractivity contribution in [2.45, 2.75) is 37.2 Å². The van der Waals surface area contributed by atoms with E-state index in [1.165, 1.54) is 29.2 Å². The van der Waals surface area contributed by atoms with Crippen LogP contribution in [0.15, 0.2) is 112 Å². The molecule has 0 aliphatic rings. The van der Waals surface area contributed by atoms with Gasteiger partial charge in [-0.2, -0.15) is 0 Å². The highest BCUT2D eigenvalue weighted by atomic mass is 79.9. The molecule has 0 aliphatic heterocycles. The van der Waals surface area contributed by atoms with Crippen LogP contribution in [0, 0.1) is 5.82 Å². The minimum Gasteiger partial charge on any atom is -0.354 e. The zero-order chi connectivity index (χ0) is 31.7. The SMILES string of the molecule is CCCNC(=O)[C@@H](Cc1ccccc1)N(Cc1ccc(Br)cc1)C(=O)CN(c1ccc(F)c(Cl)c1)S(=O)(=O)c1ccccc1. The van der Waals surface area contributed by atoms with Crippen LogP contribution in [0.3, 0.4) is 0 Å². The van der Waals surface area contributed by atoms with Gasteiger partial charge in [-0.05, 0) is 60.0 Å². The number of rotatable bonds is 13. The number of carbonyl (C=O) groups is 2. The Bertz CT molecular complexity index is 1680. The molecule has 2 amide bonds. The summed E-state index contributed by atoms with van der Waals surface area (Å²) in [7, 11) is -4.31. The zero-order valence-electron chi connectivity index (χ0n) is 24.0. The van der Waals surface area contributed by atoms with Crippen LogP contribution in [0.5, 0.6) is 0 Å². The number of amides is 2. The van der Waals surface area contributed by atoms with Gasteiger partial charge in [0, 0.05) is 24.0 Å². The summed E-state index contributed by atoms with van der Waals surface area (Å²) in [5, 5.41) is 2.61. The fourth-order valence-electron chi connectivity index (χ4n) is 4.60. The van der Waals surface area contributed by atoms with Crippen molar-refractivity contribution in [1.82, 2.24) is 10.2 Å². The van der Waals surface area contributed by atoms with E-state index >= 15 is 0 Å². The largest absolute Gasteiger partial charge is 0.354 e. The average molecular weight is 701 g/mol. The summed E-state index contributed by atoms with van der Waals surface area (Å²) in [5.74, 6) is -1.71. The molecule has 4 aromatic carbocycles. The van der Waals surface area contributed by atoms with E-state index in [0.29, 0.717) is 13.0 Å². The van der Waals surface area contributed by atoms with Crippen LogP contribution in [0.4, 0.5) is 10.1 Å². The quantitative estimate of drug-likeness (QED) is 0.170. The molecule has 0 radical (unpaired) electrons. The van der Waals surface area contributed by atoms with Crippen LogP contribution < -0.4 is 9.62 Å². The van der Waals surface area contributed by atoms with Crippen molar-refractivity contribution in [3.63, 3.8) is 0 Å². The number of anilines is 1. The molecule has 0 bridgehead atoms. The number of nitrogens with zero attached hydrogens (tertiary/aromatic N) is 2. The lowest BCUT2D eigenvalue weighted by atomic mass is 10.0. The topological polar surface area (TPSA) is 86.8 Å². The van der Waals surface area contributed by atoms with E-state index in [4.69, 9.17) is 11.6 Å². The molecular weight excluding hydrogens is 669 g/mol. The average Bonchev–Trinajstić information content (AvgIpc) is 3.03. The highest BCUT2D eigenvalue weighted by molar-refractivity contribution is 9.10. The van der Waals surface area contributed by atoms with E-state index in [9.17, 15) is 22.4 Å². The molecule has 1 N–H and O–H groups in total. The van der Waals surface area contributed by atoms with Crippen LogP contribution in [0.2, 0.25) is 5.02 Å². The number of carbonyl (C=O) groups excluding carboxylic acids is 2. The van der Waals surface area contributed by atoms with Crippen LogP contribution in [-0.2, 0) is 32.6 Å². The maximum absolute atomic E-state index is 14.4. The van der Waals surface area contributed by atoms with E-state index < -0.39 is 34.3 Å². The minimum absolute atomic E-state index is 0.00670. The van der Waals surface area contributed by atoms with Gasteiger partial charge in [-0.3, -0.25) is 13.9 Å². The van der Waals surface area contributed by atoms with Crippen molar-refractivity contribution in [2.75, 3.05) is 17.4 Å². The van der Waals surface area contributed by atoms with Gasteiger partial charge in [0.1, 0.15) is 18.4 Å². The Morgan fingerprint density at radius 1 is 0.909 bits per heavy atom. The molecule has 4 rings (SSSR count). The van der Waals surface area contributed by atoms with Gasteiger partial charge in [-0.25, -0.2) is 12.8 Å². The molecule has 0 aromatic heterocycles. The van der Waals surface area contributed by atoms with Crippen LogP contribution in [0.25, 0.3) is 0 Å². The summed E-state index contributed by atoms with van der Waals surface area (Å²) >= 11 is 9.48. The van der Waals surface area contributed by atoms with Gasteiger partial charge in [0.05, 0.1) is 15.6 Å². The first-order valence-corrected chi connectivity index (χ1v) is 16.6. The summed E-state index contributed by atoms with van der Waals surface area (Å²) in [6.45, 7) is 1.71. The van der Waals surface area contributed by atoms with Crippen molar-refractivity contribution in [1.29, 1.82) is 0 Å². The lowest BCUT2D eigenvalue weighted by molar-refractivity contribution is -0.140. The van der Waals surface area contributed by atoms with Gasteiger partial charge in [0.2, 0.25) is 11.8 Å². The Kier molecular flexibility index (Phi) is 11.5. The third-order valence-corrected chi connectivity index (χ3v) is 9.49.